The van der Waals surface area contributed by atoms with Crippen LogP contribution in [0.25, 0.3) is 0 Å². The Morgan fingerprint density at radius 2 is 1.79 bits per heavy atom. The number of nitrogens with zero attached hydrogens (tertiary/aromatic N) is 3. The van der Waals surface area contributed by atoms with Crippen LogP contribution < -0.4 is 10.1 Å². The van der Waals surface area contributed by atoms with Crippen molar-refractivity contribution in [3.63, 3.8) is 0 Å². The Morgan fingerprint density at radius 3 is 2.58 bits per heavy atom. The van der Waals surface area contributed by atoms with Gasteiger partial charge in [0.25, 0.3) is 0 Å². The lowest BCUT2D eigenvalue weighted by molar-refractivity contribution is -0.245. The van der Waals surface area contributed by atoms with E-state index in [1.165, 1.54) is 32.1 Å². The number of benzene rings is 1. The highest BCUT2D eigenvalue weighted by molar-refractivity contribution is 5.85. The van der Waals surface area contributed by atoms with E-state index in [2.05, 4.69) is 21.3 Å². The van der Waals surface area contributed by atoms with Gasteiger partial charge in [-0.2, -0.15) is 0 Å². The smallest absolute Gasteiger partial charge is 0.242 e. The largest absolute Gasteiger partial charge is 0.489 e. The van der Waals surface area contributed by atoms with E-state index < -0.39 is 0 Å². The maximum Gasteiger partial charge on any atom is 0.242 e. The molecule has 7 nitrogen and oxygen atoms in total. The average molecular weight is 515 g/mol. The molecule has 1 saturated heterocycles. The maximum atomic E-state index is 12.9. The number of nitrogens with one attached hydrogen (secondary N) is 1. The highest BCUT2D eigenvalue weighted by atomic mass is 16.5. The Morgan fingerprint density at radius 1 is 0.974 bits per heavy atom. The van der Waals surface area contributed by atoms with Crippen LogP contribution in [-0.2, 0) is 22.7 Å². The molecule has 5 atom stereocenters. The second kappa shape index (κ2) is 9.37. The molecule has 5 fully saturated rings. The van der Waals surface area contributed by atoms with Crippen molar-refractivity contribution in [2.24, 2.45) is 28.6 Å². The topological polar surface area (TPSA) is 74.8 Å². The molecular weight excluding hydrogens is 476 g/mol. The van der Waals surface area contributed by atoms with Gasteiger partial charge in [0.05, 0.1) is 6.54 Å². The molecule has 1 N–H and O–H groups in total. The van der Waals surface area contributed by atoms with Gasteiger partial charge in [-0.15, -0.1) is 0 Å². The number of para-hydroxylation sites is 1. The minimum atomic E-state index is 0.0377. The first kappa shape index (κ1) is 24.1. The predicted octanol–water partition coefficient (Wildman–Crippen LogP) is 3.64. The van der Waals surface area contributed by atoms with Crippen molar-refractivity contribution >= 4 is 11.8 Å². The summed E-state index contributed by atoms with van der Waals surface area (Å²) in [5, 5.41) is 2.99. The van der Waals surface area contributed by atoms with E-state index in [1.807, 2.05) is 35.2 Å². The zero-order chi connectivity index (χ0) is 25.7. The summed E-state index contributed by atoms with van der Waals surface area (Å²) in [6.07, 6.45) is 10.9. The molecule has 2 amide bonds. The molecule has 4 saturated carbocycles. The number of fused-ring (bicyclic) bond motifs is 1. The van der Waals surface area contributed by atoms with Crippen LogP contribution >= 0.6 is 0 Å². The summed E-state index contributed by atoms with van der Waals surface area (Å²) >= 11 is 0. The van der Waals surface area contributed by atoms with E-state index in [-0.39, 0.29) is 23.8 Å². The first-order chi connectivity index (χ1) is 18.5. The van der Waals surface area contributed by atoms with Gasteiger partial charge in [0.2, 0.25) is 11.8 Å². The van der Waals surface area contributed by atoms with Crippen LogP contribution in [0, 0.1) is 28.6 Å². The summed E-state index contributed by atoms with van der Waals surface area (Å²) in [5.74, 6) is 3.67. The third kappa shape index (κ3) is 3.93. The van der Waals surface area contributed by atoms with Crippen molar-refractivity contribution < 1.29 is 14.3 Å². The molecule has 5 unspecified atom stereocenters. The van der Waals surface area contributed by atoms with E-state index in [9.17, 15) is 9.59 Å². The van der Waals surface area contributed by atoms with E-state index >= 15 is 0 Å². The van der Waals surface area contributed by atoms with E-state index in [4.69, 9.17) is 4.74 Å². The van der Waals surface area contributed by atoms with E-state index in [1.54, 1.807) is 12.4 Å². The molecule has 0 radical (unpaired) electrons. The number of hydrogen-bond acceptors (Lipinski definition) is 5. The summed E-state index contributed by atoms with van der Waals surface area (Å²) in [4.78, 5) is 34.1. The molecule has 1 aliphatic heterocycles. The minimum Gasteiger partial charge on any atom is -0.489 e. The Bertz CT molecular complexity index is 1210. The van der Waals surface area contributed by atoms with Gasteiger partial charge in [-0.3, -0.25) is 19.5 Å². The molecule has 7 rings (SSSR count). The minimum absolute atomic E-state index is 0.0377. The molecule has 7 heteroatoms. The molecule has 38 heavy (non-hydrogen) atoms. The summed E-state index contributed by atoms with van der Waals surface area (Å²) in [7, 11) is 0. The van der Waals surface area contributed by atoms with Gasteiger partial charge in [-0.1, -0.05) is 18.2 Å². The summed E-state index contributed by atoms with van der Waals surface area (Å²) < 4.78 is 6.11. The van der Waals surface area contributed by atoms with Crippen molar-refractivity contribution in [3.8, 4) is 5.75 Å². The second-order valence-electron chi connectivity index (χ2n) is 12.5. The summed E-state index contributed by atoms with van der Waals surface area (Å²) in [6.45, 7) is 4.43. The zero-order valence-corrected chi connectivity index (χ0v) is 22.1. The highest BCUT2D eigenvalue weighted by Gasteiger charge is 2.80. The highest BCUT2D eigenvalue weighted by Crippen LogP contribution is 2.87. The first-order valence-electron chi connectivity index (χ1n) is 14.4. The third-order valence-corrected chi connectivity index (χ3v) is 10.7. The fraction of sp³-hybridized carbons (Fsp3) is 0.581. The monoisotopic (exact) mass is 514 g/mol. The molecule has 4 aliphatic carbocycles. The van der Waals surface area contributed by atoms with Crippen molar-refractivity contribution in [2.75, 3.05) is 32.7 Å². The van der Waals surface area contributed by atoms with Crippen LogP contribution in [0.3, 0.4) is 0 Å². The normalized spacial score (nSPS) is 32.7. The molecular formula is C31H38N4O3. The molecule has 1 aromatic heterocycles. The zero-order valence-electron chi connectivity index (χ0n) is 22.1. The molecule has 1 aromatic carbocycles. The van der Waals surface area contributed by atoms with E-state index in [0.717, 1.165) is 54.3 Å². The Balaban J connectivity index is 0.864. The molecule has 2 aromatic rings. The average Bonchev–Trinajstić information content (AvgIpc) is 3.42. The summed E-state index contributed by atoms with van der Waals surface area (Å²) in [6, 6.07) is 12.1. The lowest BCUT2D eigenvalue weighted by atomic mass is 9.31. The molecule has 1 spiro atoms. The maximum absolute atomic E-state index is 12.9. The van der Waals surface area contributed by atoms with E-state index in [0.29, 0.717) is 31.5 Å². The van der Waals surface area contributed by atoms with Crippen molar-refractivity contribution in [3.05, 3.63) is 59.9 Å². The lowest BCUT2D eigenvalue weighted by Crippen LogP contribution is -2.67. The number of pyridine rings is 1. The fourth-order valence-corrected chi connectivity index (χ4v) is 9.18. The first-order valence-corrected chi connectivity index (χ1v) is 14.4. The number of carbonyl (C=O) groups excluding carboxylic acids is 2. The van der Waals surface area contributed by atoms with Crippen LogP contribution in [0.5, 0.6) is 5.75 Å². The number of aromatic nitrogens is 1. The predicted molar refractivity (Wildman–Crippen MR) is 143 cm³/mol. The number of hydrogen-bond donors (Lipinski definition) is 1. The van der Waals surface area contributed by atoms with Crippen LogP contribution in [0.2, 0.25) is 0 Å². The SMILES string of the molecule is O=C(CC12CC3CC4CC(C1)C42C3)NCC(=O)N1CCN(Cc2ccccc2OCc2ccncc2)CC1. The molecule has 2 bridgehead atoms. The standard InChI is InChI=1S/C31H38N4O3/c36-28(18-30-15-23-13-25-14-26(17-30)31(25,30)16-23)33-19-29(37)35-11-9-34(10-12-35)20-24-3-1-2-4-27(24)38-21-22-5-7-32-8-6-22/h1-8,23,25-26H,9-21H2,(H,33,36). The number of carbonyl (C=O) groups is 2. The van der Waals surface area contributed by atoms with Gasteiger partial charge in [-0.05, 0) is 84.5 Å². The van der Waals surface area contributed by atoms with Gasteiger partial charge < -0.3 is 15.0 Å². The lowest BCUT2D eigenvalue weighted by Gasteiger charge is -2.73. The summed E-state index contributed by atoms with van der Waals surface area (Å²) in [5.41, 5.74) is 3.02. The van der Waals surface area contributed by atoms with Gasteiger partial charge in [0.15, 0.2) is 0 Å². The van der Waals surface area contributed by atoms with Gasteiger partial charge in [0.1, 0.15) is 12.4 Å². The number of rotatable bonds is 9. The van der Waals surface area contributed by atoms with Crippen LogP contribution in [0.4, 0.5) is 0 Å². The molecule has 5 aliphatic rings. The van der Waals surface area contributed by atoms with Gasteiger partial charge in [0, 0.05) is 57.1 Å². The molecule has 2 heterocycles. The second-order valence-corrected chi connectivity index (χ2v) is 12.5. The fourth-order valence-electron chi connectivity index (χ4n) is 9.18. The van der Waals surface area contributed by atoms with Crippen molar-refractivity contribution in [1.29, 1.82) is 0 Å². The number of piperazine rings is 1. The Kier molecular flexibility index (Phi) is 5.95. The van der Waals surface area contributed by atoms with Crippen LogP contribution in [0.15, 0.2) is 48.8 Å². The molecule has 200 valence electrons. The number of ether oxygens (including phenoxy) is 1. The Labute approximate surface area is 224 Å². The van der Waals surface area contributed by atoms with Crippen LogP contribution in [-0.4, -0.2) is 59.3 Å². The number of amides is 2. The van der Waals surface area contributed by atoms with Gasteiger partial charge >= 0.3 is 0 Å². The Hall–Kier alpha value is -2.93. The van der Waals surface area contributed by atoms with Crippen molar-refractivity contribution in [2.45, 2.75) is 51.7 Å². The third-order valence-electron chi connectivity index (χ3n) is 10.7. The van der Waals surface area contributed by atoms with Gasteiger partial charge in [-0.25, -0.2) is 0 Å². The van der Waals surface area contributed by atoms with Crippen LogP contribution in [0.1, 0.15) is 49.7 Å². The quantitative estimate of drug-likeness (QED) is 0.553. The van der Waals surface area contributed by atoms with Crippen molar-refractivity contribution in [1.82, 2.24) is 20.1 Å².